The van der Waals surface area contributed by atoms with Gasteiger partial charge in [0.05, 0.1) is 5.92 Å². The maximum atomic E-state index is 14.0. The van der Waals surface area contributed by atoms with Crippen molar-refractivity contribution in [1.29, 1.82) is 0 Å². The lowest BCUT2D eigenvalue weighted by Gasteiger charge is -2.38. The number of ether oxygens (including phenoxy) is 2. The molecule has 0 aromatic heterocycles. The first-order valence-electron chi connectivity index (χ1n) is 14.5. The molecule has 0 fully saturated rings. The van der Waals surface area contributed by atoms with Gasteiger partial charge in [0.25, 0.3) is 0 Å². The molecular formula is C31H46F6O3. The van der Waals surface area contributed by atoms with Crippen LogP contribution in [0.4, 0.5) is 26.3 Å². The molecule has 3 atom stereocenters. The zero-order valence-corrected chi connectivity index (χ0v) is 25.0. The van der Waals surface area contributed by atoms with Gasteiger partial charge in [0.15, 0.2) is 0 Å². The van der Waals surface area contributed by atoms with Crippen LogP contribution in [0.25, 0.3) is 0 Å². The van der Waals surface area contributed by atoms with Crippen LogP contribution in [-0.2, 0) is 17.4 Å². The Bertz CT molecular complexity index is 999. The predicted molar refractivity (Wildman–Crippen MR) is 145 cm³/mol. The van der Waals surface area contributed by atoms with Crippen LogP contribution in [-0.4, -0.2) is 17.7 Å². The van der Waals surface area contributed by atoms with Crippen molar-refractivity contribution in [3.05, 3.63) is 22.3 Å². The van der Waals surface area contributed by atoms with E-state index in [9.17, 15) is 31.1 Å². The Morgan fingerprint density at radius 3 is 2.02 bits per heavy atom. The van der Waals surface area contributed by atoms with Crippen LogP contribution >= 0.6 is 0 Å². The van der Waals surface area contributed by atoms with Crippen molar-refractivity contribution >= 4 is 5.97 Å². The summed E-state index contributed by atoms with van der Waals surface area (Å²) in [7, 11) is 0. The number of halogens is 6. The second-order valence-corrected chi connectivity index (χ2v) is 12.4. The van der Waals surface area contributed by atoms with Crippen molar-refractivity contribution in [3.8, 4) is 11.5 Å². The molecule has 1 aliphatic rings. The lowest BCUT2D eigenvalue weighted by molar-refractivity contribution is -0.179. The summed E-state index contributed by atoms with van der Waals surface area (Å²) < 4.78 is 93.6. The highest BCUT2D eigenvalue weighted by atomic mass is 19.4. The summed E-state index contributed by atoms with van der Waals surface area (Å²) in [5.41, 5.74) is -0.845. The summed E-state index contributed by atoms with van der Waals surface area (Å²) in [6, 6.07) is 0. The molecule has 0 bridgehead atoms. The molecule has 0 radical (unpaired) electrons. The Kier molecular flexibility index (Phi) is 11.8. The van der Waals surface area contributed by atoms with E-state index in [4.69, 9.17) is 9.47 Å². The SMILES string of the molecule is CC(=O)Oc1c(C)c2c(c(C)c1C(F)(F)F)OC(C)(CCCC(C)CCCC(CCCC(C)C)C(F)(F)F)CC2. The number of rotatable bonds is 13. The number of fused-ring (bicyclic) bond motifs is 1. The summed E-state index contributed by atoms with van der Waals surface area (Å²) in [6.07, 6.45) is -2.61. The molecule has 0 spiro atoms. The number of alkyl halides is 6. The molecule has 1 aromatic rings. The summed E-state index contributed by atoms with van der Waals surface area (Å²) in [5, 5.41) is 0. The van der Waals surface area contributed by atoms with E-state index in [1.165, 1.54) is 13.8 Å². The highest BCUT2D eigenvalue weighted by Gasteiger charge is 2.43. The highest BCUT2D eigenvalue weighted by Crippen LogP contribution is 2.50. The largest absolute Gasteiger partial charge is 0.487 e. The molecule has 0 N–H and O–H groups in total. The topological polar surface area (TPSA) is 35.5 Å². The van der Waals surface area contributed by atoms with Gasteiger partial charge in [-0.25, -0.2) is 0 Å². The van der Waals surface area contributed by atoms with Crippen molar-refractivity contribution in [2.24, 2.45) is 17.8 Å². The minimum absolute atomic E-state index is 0.0868. The van der Waals surface area contributed by atoms with Crippen molar-refractivity contribution in [3.63, 3.8) is 0 Å². The van der Waals surface area contributed by atoms with Crippen LogP contribution in [0.15, 0.2) is 0 Å². The van der Waals surface area contributed by atoms with Gasteiger partial charge in [-0.05, 0) is 76.7 Å². The van der Waals surface area contributed by atoms with Gasteiger partial charge in [0, 0.05) is 18.1 Å². The minimum atomic E-state index is -4.72. The van der Waals surface area contributed by atoms with E-state index >= 15 is 0 Å². The smallest absolute Gasteiger partial charge is 0.420 e. The number of carbonyl (C=O) groups is 1. The second kappa shape index (κ2) is 13.8. The lowest BCUT2D eigenvalue weighted by atomic mass is 9.83. The second-order valence-electron chi connectivity index (χ2n) is 12.4. The standard InChI is InChI=1S/C31H46F6O3/c1-19(2)11-8-14-24(30(32,33)34)15-9-12-20(3)13-10-17-29(7)18-16-25-21(4)28(39-23(6)38)26(31(35,36)37)22(5)27(25)40-29/h19-20,24H,8-18H2,1-7H3. The Morgan fingerprint density at radius 2 is 1.50 bits per heavy atom. The number of hydrogen-bond acceptors (Lipinski definition) is 3. The van der Waals surface area contributed by atoms with Gasteiger partial charge in [-0.3, -0.25) is 4.79 Å². The number of carbonyl (C=O) groups excluding carboxylic acids is 1. The van der Waals surface area contributed by atoms with Crippen LogP contribution in [0, 0.1) is 31.6 Å². The van der Waals surface area contributed by atoms with Crippen molar-refractivity contribution in [2.45, 2.75) is 137 Å². The van der Waals surface area contributed by atoms with Crippen molar-refractivity contribution in [1.82, 2.24) is 0 Å². The van der Waals surface area contributed by atoms with E-state index in [2.05, 4.69) is 0 Å². The molecule has 1 heterocycles. The van der Waals surface area contributed by atoms with E-state index in [1.807, 2.05) is 27.7 Å². The van der Waals surface area contributed by atoms with E-state index in [1.54, 1.807) is 0 Å². The quantitative estimate of drug-likeness (QED) is 0.132. The van der Waals surface area contributed by atoms with Crippen LogP contribution in [0.3, 0.4) is 0 Å². The fourth-order valence-electron chi connectivity index (χ4n) is 5.85. The van der Waals surface area contributed by atoms with Crippen LogP contribution in [0.2, 0.25) is 0 Å². The zero-order chi connectivity index (χ0) is 30.5. The molecule has 0 amide bonds. The predicted octanol–water partition coefficient (Wildman–Crippen LogP) is 10.3. The molecule has 3 nitrogen and oxygen atoms in total. The fraction of sp³-hybridized carbons (Fsp3) is 0.774. The normalized spacial score (nSPS) is 19.2. The molecule has 0 saturated carbocycles. The maximum absolute atomic E-state index is 14.0. The number of benzene rings is 1. The van der Waals surface area contributed by atoms with Crippen molar-refractivity contribution < 1.29 is 40.6 Å². The Morgan fingerprint density at radius 1 is 0.925 bits per heavy atom. The molecule has 40 heavy (non-hydrogen) atoms. The maximum Gasteiger partial charge on any atom is 0.420 e. The first-order valence-corrected chi connectivity index (χ1v) is 14.5. The van der Waals surface area contributed by atoms with Gasteiger partial charge in [0.1, 0.15) is 22.7 Å². The molecule has 230 valence electrons. The van der Waals surface area contributed by atoms with Gasteiger partial charge >= 0.3 is 18.3 Å². The van der Waals surface area contributed by atoms with Gasteiger partial charge in [-0.2, -0.15) is 26.3 Å². The summed E-state index contributed by atoms with van der Waals surface area (Å²) in [6.45, 7) is 11.9. The number of hydrogen-bond donors (Lipinski definition) is 0. The average molecular weight is 581 g/mol. The summed E-state index contributed by atoms with van der Waals surface area (Å²) >= 11 is 0. The van der Waals surface area contributed by atoms with Crippen LogP contribution < -0.4 is 9.47 Å². The molecule has 1 aromatic carbocycles. The highest BCUT2D eigenvalue weighted by molar-refractivity contribution is 5.72. The van der Waals surface area contributed by atoms with E-state index < -0.39 is 41.2 Å². The number of esters is 1. The molecule has 1 aliphatic heterocycles. The van der Waals surface area contributed by atoms with Crippen molar-refractivity contribution in [2.75, 3.05) is 0 Å². The van der Waals surface area contributed by atoms with E-state index in [0.717, 1.165) is 26.2 Å². The Hall–Kier alpha value is -1.93. The third-order valence-corrected chi connectivity index (χ3v) is 8.24. The third kappa shape index (κ3) is 9.57. The first-order chi connectivity index (χ1) is 18.4. The molecule has 0 aliphatic carbocycles. The van der Waals surface area contributed by atoms with E-state index in [0.29, 0.717) is 50.0 Å². The average Bonchev–Trinajstić information content (AvgIpc) is 2.79. The molecule has 3 unspecified atom stereocenters. The van der Waals surface area contributed by atoms with Gasteiger partial charge < -0.3 is 9.47 Å². The van der Waals surface area contributed by atoms with Crippen LogP contribution in [0.1, 0.15) is 121 Å². The summed E-state index contributed by atoms with van der Waals surface area (Å²) in [5.74, 6) is -1.67. The fourth-order valence-corrected chi connectivity index (χ4v) is 5.85. The van der Waals surface area contributed by atoms with E-state index in [-0.39, 0.29) is 35.6 Å². The van der Waals surface area contributed by atoms with Gasteiger partial charge in [-0.15, -0.1) is 0 Å². The molecule has 0 saturated heterocycles. The molecular weight excluding hydrogens is 534 g/mol. The van der Waals surface area contributed by atoms with Gasteiger partial charge in [-0.1, -0.05) is 52.9 Å². The molecule has 9 heteroatoms. The van der Waals surface area contributed by atoms with Crippen LogP contribution in [0.5, 0.6) is 11.5 Å². The molecule has 2 rings (SSSR count). The monoisotopic (exact) mass is 580 g/mol. The van der Waals surface area contributed by atoms with Gasteiger partial charge in [0.2, 0.25) is 0 Å². The minimum Gasteiger partial charge on any atom is -0.487 e. The lowest BCUT2D eigenvalue weighted by Crippen LogP contribution is -2.37. The first kappa shape index (κ1) is 34.3. The Balaban J connectivity index is 1.99. The zero-order valence-electron chi connectivity index (χ0n) is 25.0. The third-order valence-electron chi connectivity index (χ3n) is 8.24. The Labute approximate surface area is 235 Å². The summed E-state index contributed by atoms with van der Waals surface area (Å²) in [4.78, 5) is 11.5.